The summed E-state index contributed by atoms with van der Waals surface area (Å²) >= 11 is 8.66. The Hall–Kier alpha value is -4.25. The molecule has 1 unspecified atom stereocenters. The number of hydrogen-bond acceptors (Lipinski definition) is 14. The molecule has 2 heterocycles. The summed E-state index contributed by atoms with van der Waals surface area (Å²) in [6.45, 7) is 4.18. The fourth-order valence-corrected chi connectivity index (χ4v) is 6.60. The van der Waals surface area contributed by atoms with E-state index in [1.165, 1.54) is 27.7 Å². The number of hydrogen-bond donors (Lipinski definition) is 13. The number of rotatable bonds is 19. The van der Waals surface area contributed by atoms with Crippen molar-refractivity contribution >= 4 is 77.9 Å². The van der Waals surface area contributed by atoms with Crippen LogP contribution in [0.5, 0.6) is 0 Å². The van der Waals surface area contributed by atoms with Crippen LogP contribution >= 0.6 is 25.3 Å². The number of aliphatic hydroxyl groups is 4. The molecule has 3 rings (SSSR count). The zero-order valence-electron chi connectivity index (χ0n) is 31.3. The number of nitrogens with one attached hydrogen (secondary N) is 6. The van der Waals surface area contributed by atoms with Gasteiger partial charge >= 0.3 is 0 Å². The zero-order valence-corrected chi connectivity index (χ0v) is 33.1. The van der Waals surface area contributed by atoms with Gasteiger partial charge in [0.1, 0.15) is 30.2 Å². The number of para-hydroxylation sites is 1. The van der Waals surface area contributed by atoms with Crippen LogP contribution in [0.25, 0.3) is 10.9 Å². The number of aromatic amines is 1. The first kappa shape index (κ1) is 46.1. The van der Waals surface area contributed by atoms with Crippen molar-refractivity contribution < 1.29 is 54.0 Å². The Morgan fingerprint density at radius 1 is 1.00 bits per heavy atom. The lowest BCUT2D eigenvalue weighted by atomic mass is 9.97. The molecule has 1 radical (unpaired) electrons. The van der Waals surface area contributed by atoms with Crippen LogP contribution in [0.2, 0.25) is 0 Å². The molecule has 12 N–H and O–H groups in total. The van der Waals surface area contributed by atoms with Crippen molar-refractivity contribution in [1.29, 1.82) is 0 Å². The molecule has 1 aromatic carbocycles. The summed E-state index contributed by atoms with van der Waals surface area (Å²) in [7, 11) is 0. The molecular weight excluding hydrogens is 773 g/mol. The molecule has 1 aliphatic heterocycles. The van der Waals surface area contributed by atoms with Crippen LogP contribution in [0.1, 0.15) is 46.1 Å². The number of carbonyl (C=O) groups excluding carboxylic acids is 7. The lowest BCUT2D eigenvalue weighted by Crippen LogP contribution is -2.61. The fraction of sp³-hybridized carbons (Fsp3) is 0.571. The van der Waals surface area contributed by atoms with Crippen LogP contribution in [0, 0.1) is 0 Å². The van der Waals surface area contributed by atoms with Gasteiger partial charge < -0.3 is 62.6 Å². The molecule has 0 bridgehead atoms. The number of H-pyrrole nitrogens is 1. The SMILES string of the molecule is C[C@H](N)C(=O)N[C@@H](C(=O)N[C@@H](CS)C(=O)N1C[C@@H](O)C[C@H]1C(=O)N[C@@H](C)C(=O)N[C@@H](Cc1c(S)[nH]c2ccccc12)C(=O)N[C@H]([C]=O)CC(C)(O)CO)[C@H](C)O. The highest BCUT2D eigenvalue weighted by Gasteiger charge is 2.43. The second kappa shape index (κ2) is 20.3. The molecule has 19 nitrogen and oxygen atoms in total. The van der Waals surface area contributed by atoms with Gasteiger partial charge in [-0.1, -0.05) is 18.2 Å². The van der Waals surface area contributed by atoms with Crippen LogP contribution in [-0.4, -0.2) is 151 Å². The minimum Gasteiger partial charge on any atom is -0.393 e. The van der Waals surface area contributed by atoms with Crippen molar-refractivity contribution in [2.45, 2.75) is 112 Å². The molecule has 0 spiro atoms. The Labute approximate surface area is 334 Å². The average Bonchev–Trinajstić information content (AvgIpc) is 3.69. The second-order valence-electron chi connectivity index (χ2n) is 14.2. The van der Waals surface area contributed by atoms with Gasteiger partial charge in [0, 0.05) is 42.5 Å². The Bertz CT molecular complexity index is 1760. The van der Waals surface area contributed by atoms with Gasteiger partial charge in [-0.15, -0.1) is 12.6 Å². The van der Waals surface area contributed by atoms with E-state index in [0.29, 0.717) is 21.5 Å². The minimum absolute atomic E-state index is 0.137. The maximum atomic E-state index is 13.6. The van der Waals surface area contributed by atoms with Crippen molar-refractivity contribution in [2.24, 2.45) is 5.73 Å². The van der Waals surface area contributed by atoms with Gasteiger partial charge in [0.25, 0.3) is 0 Å². The summed E-state index contributed by atoms with van der Waals surface area (Å²) in [5, 5.41) is 53.6. The molecule has 1 fully saturated rings. The normalized spacial score (nSPS) is 20.3. The maximum absolute atomic E-state index is 13.6. The number of β-amino-alcohol motifs (C(OH)–C–C–N with tert-alkyl or cyclic N) is 1. The topological polar surface area (TPSA) is 306 Å². The monoisotopic (exact) mass is 823 g/mol. The van der Waals surface area contributed by atoms with Crippen LogP contribution in [-0.2, 0) is 40.0 Å². The molecule has 21 heteroatoms. The van der Waals surface area contributed by atoms with Crippen molar-refractivity contribution in [2.75, 3.05) is 18.9 Å². The lowest BCUT2D eigenvalue weighted by Gasteiger charge is -2.30. The number of carbonyl (C=O) groups is 6. The average molecular weight is 824 g/mol. The summed E-state index contributed by atoms with van der Waals surface area (Å²) in [6.07, 6.45) is -1.67. The number of aliphatic hydroxyl groups excluding tert-OH is 3. The number of fused-ring (bicyclic) bond motifs is 1. The van der Waals surface area contributed by atoms with Gasteiger partial charge in [-0.05, 0) is 39.3 Å². The Balaban J connectivity index is 1.78. The molecule has 0 saturated carbocycles. The first-order chi connectivity index (χ1) is 26.2. The number of likely N-dealkylation sites (tertiary alicyclic amines) is 1. The third-order valence-corrected chi connectivity index (χ3v) is 9.91. The summed E-state index contributed by atoms with van der Waals surface area (Å²) < 4.78 is 0. The van der Waals surface area contributed by atoms with Gasteiger partial charge in [-0.3, -0.25) is 33.6 Å². The van der Waals surface area contributed by atoms with Crippen LogP contribution in [0.3, 0.4) is 0 Å². The van der Waals surface area contributed by atoms with Crippen LogP contribution < -0.4 is 32.3 Å². The zero-order chi connectivity index (χ0) is 42.1. The van der Waals surface area contributed by atoms with E-state index in [0.717, 1.165) is 4.90 Å². The molecule has 1 aromatic heterocycles. The van der Waals surface area contributed by atoms with E-state index in [-0.39, 0.29) is 31.6 Å². The fourth-order valence-electron chi connectivity index (χ4n) is 6.02. The number of thiol groups is 2. The highest BCUT2D eigenvalue weighted by molar-refractivity contribution is 7.80. The van der Waals surface area contributed by atoms with E-state index in [9.17, 15) is 54.0 Å². The predicted octanol–water partition coefficient (Wildman–Crippen LogP) is -3.69. The molecule has 1 saturated heterocycles. The molecule has 0 aliphatic carbocycles. The Kier molecular flexibility index (Phi) is 16.7. The maximum Gasteiger partial charge on any atom is 0.246 e. The minimum atomic E-state index is -1.73. The van der Waals surface area contributed by atoms with Crippen molar-refractivity contribution in [3.63, 3.8) is 0 Å². The molecule has 1 aliphatic rings. The summed E-state index contributed by atoms with van der Waals surface area (Å²) in [6, 6.07) is -2.09. The van der Waals surface area contributed by atoms with Crippen LogP contribution in [0.15, 0.2) is 29.3 Å². The van der Waals surface area contributed by atoms with Gasteiger partial charge in [0.05, 0.1) is 41.5 Å². The van der Waals surface area contributed by atoms with Crippen molar-refractivity contribution in [3.05, 3.63) is 29.8 Å². The largest absolute Gasteiger partial charge is 0.393 e. The lowest BCUT2D eigenvalue weighted by molar-refractivity contribution is -0.142. The number of aromatic nitrogens is 1. The van der Waals surface area contributed by atoms with Gasteiger partial charge in [-0.2, -0.15) is 12.6 Å². The van der Waals surface area contributed by atoms with Crippen molar-refractivity contribution in [1.82, 2.24) is 36.5 Å². The van der Waals surface area contributed by atoms with Crippen molar-refractivity contribution in [3.8, 4) is 0 Å². The van der Waals surface area contributed by atoms with E-state index in [2.05, 4.69) is 56.8 Å². The molecule has 6 amide bonds. The summed E-state index contributed by atoms with van der Waals surface area (Å²) in [5.41, 5.74) is 5.07. The van der Waals surface area contributed by atoms with E-state index in [1.54, 1.807) is 30.6 Å². The Morgan fingerprint density at radius 2 is 1.64 bits per heavy atom. The third kappa shape index (κ3) is 12.1. The van der Waals surface area contributed by atoms with E-state index in [1.807, 2.05) is 0 Å². The third-order valence-electron chi connectivity index (χ3n) is 9.17. The van der Waals surface area contributed by atoms with E-state index >= 15 is 0 Å². The van der Waals surface area contributed by atoms with Gasteiger partial charge in [0.15, 0.2) is 0 Å². The standard InChI is InChI=1S/C35H51N8O11S2/c1-16(36)28(48)42-27(18(3)46)32(52)40-25(14-55)34(53)43-12-20(47)9-26(43)31(51)37-17(2)29(49)39-24(30(50)38-19(13-44)11-35(4,54)15-45)10-22-21-7-5-6-8-23(21)41-33(22)56/h5-8,16-20,24-27,41,45-47,54-56H,9-12,14-15,36H2,1-4H3,(H,37,51)(H,38,50)(H,39,49)(H,40,52)(H,42,48)/t16-,17-,18-,19-,20-,24-,25-,26-,27+,35?/m0/s1. The molecule has 56 heavy (non-hydrogen) atoms. The summed E-state index contributed by atoms with van der Waals surface area (Å²) in [4.78, 5) is 95.4. The second-order valence-corrected chi connectivity index (χ2v) is 15.0. The molecule has 309 valence electrons. The summed E-state index contributed by atoms with van der Waals surface area (Å²) in [5.74, 6) is -5.28. The smallest absolute Gasteiger partial charge is 0.246 e. The first-order valence-corrected chi connectivity index (χ1v) is 18.9. The van der Waals surface area contributed by atoms with Crippen LogP contribution in [0.4, 0.5) is 0 Å². The predicted molar refractivity (Wildman–Crippen MR) is 208 cm³/mol. The molecule has 10 atom stereocenters. The molecular formula is C35H51N8O11S2. The number of nitrogens with zero attached hydrogens (tertiary/aromatic N) is 1. The highest BCUT2D eigenvalue weighted by Crippen LogP contribution is 2.26. The van der Waals surface area contributed by atoms with Gasteiger partial charge in [-0.25, -0.2) is 0 Å². The number of benzene rings is 1. The number of nitrogens with two attached hydrogens (primary N) is 1. The molecule has 2 aromatic rings. The first-order valence-electron chi connectivity index (χ1n) is 17.8. The highest BCUT2D eigenvalue weighted by atomic mass is 32.1. The number of amides is 6. The van der Waals surface area contributed by atoms with Gasteiger partial charge in [0.2, 0.25) is 41.7 Å². The van der Waals surface area contributed by atoms with E-state index < -0.39 is 102 Å². The quantitative estimate of drug-likeness (QED) is 0.0610. The Morgan fingerprint density at radius 3 is 2.23 bits per heavy atom. The van der Waals surface area contributed by atoms with E-state index in [4.69, 9.17) is 5.73 Å².